The third-order valence-corrected chi connectivity index (χ3v) is 5.41. The first-order chi connectivity index (χ1) is 12.1. The number of aromatic amines is 1. The van der Waals surface area contributed by atoms with Crippen LogP contribution in [0, 0.1) is 0 Å². The molecule has 4 aromatic rings. The molecule has 0 aliphatic carbocycles. The van der Waals surface area contributed by atoms with Gasteiger partial charge in [0, 0.05) is 20.2 Å². The monoisotopic (exact) mass is 475 g/mol. The van der Waals surface area contributed by atoms with E-state index < -0.39 is 0 Å². The largest absolute Gasteiger partial charge is 0.337 e. The number of H-pyrrole nitrogens is 1. The standard InChI is InChI=1S/C18H11Br2N3OS/c19-11-6-10(7-12(20)8-11)18(24)21-13-3-4-14-15(9-13)23-17(22-14)16-2-1-5-25-16/h1-9H,(H,21,24)(H,22,23). The predicted molar refractivity (Wildman–Crippen MR) is 109 cm³/mol. The van der Waals surface area contributed by atoms with E-state index in [0.29, 0.717) is 5.56 Å². The lowest BCUT2D eigenvalue weighted by atomic mass is 10.2. The zero-order valence-corrected chi connectivity index (χ0v) is 16.7. The number of imidazole rings is 1. The molecule has 2 heterocycles. The Bertz CT molecular complexity index is 1050. The Morgan fingerprint density at radius 1 is 1.08 bits per heavy atom. The van der Waals surface area contributed by atoms with Gasteiger partial charge < -0.3 is 10.3 Å². The second-order valence-electron chi connectivity index (χ2n) is 5.41. The fourth-order valence-electron chi connectivity index (χ4n) is 2.51. The van der Waals surface area contributed by atoms with Crippen LogP contribution in [-0.2, 0) is 0 Å². The number of hydrogen-bond donors (Lipinski definition) is 2. The highest BCUT2D eigenvalue weighted by molar-refractivity contribution is 9.11. The molecule has 0 aliphatic rings. The number of thiophene rings is 1. The predicted octanol–water partition coefficient (Wildman–Crippen LogP) is 6.07. The molecule has 4 rings (SSSR count). The number of amides is 1. The molecule has 0 saturated carbocycles. The zero-order valence-electron chi connectivity index (χ0n) is 12.7. The van der Waals surface area contributed by atoms with Crippen LogP contribution >= 0.6 is 43.2 Å². The molecule has 0 fully saturated rings. The first kappa shape index (κ1) is 16.5. The fourth-order valence-corrected chi connectivity index (χ4v) is 4.47. The van der Waals surface area contributed by atoms with Gasteiger partial charge in [-0.3, -0.25) is 4.79 Å². The van der Waals surface area contributed by atoms with Crippen LogP contribution in [0.3, 0.4) is 0 Å². The summed E-state index contributed by atoms with van der Waals surface area (Å²) in [6.07, 6.45) is 0. The van der Waals surface area contributed by atoms with Crippen molar-refractivity contribution in [2.75, 3.05) is 5.32 Å². The molecular weight excluding hydrogens is 466 g/mol. The van der Waals surface area contributed by atoms with E-state index in [1.54, 1.807) is 23.5 Å². The van der Waals surface area contributed by atoms with Gasteiger partial charge >= 0.3 is 0 Å². The maximum atomic E-state index is 12.5. The molecule has 0 unspecified atom stereocenters. The Hall–Kier alpha value is -1.96. The van der Waals surface area contributed by atoms with E-state index in [2.05, 4.69) is 47.1 Å². The van der Waals surface area contributed by atoms with Crippen LogP contribution in [0.2, 0.25) is 0 Å². The number of carbonyl (C=O) groups is 1. The molecule has 124 valence electrons. The lowest BCUT2D eigenvalue weighted by Crippen LogP contribution is -2.11. The topological polar surface area (TPSA) is 57.8 Å². The molecule has 0 radical (unpaired) electrons. The number of halogens is 2. The molecular formula is C18H11Br2N3OS. The molecule has 4 nitrogen and oxygen atoms in total. The highest BCUT2D eigenvalue weighted by Gasteiger charge is 2.10. The van der Waals surface area contributed by atoms with E-state index in [9.17, 15) is 4.79 Å². The summed E-state index contributed by atoms with van der Waals surface area (Å²) in [5.41, 5.74) is 3.04. The minimum Gasteiger partial charge on any atom is -0.337 e. The molecule has 2 N–H and O–H groups in total. The first-order valence-electron chi connectivity index (χ1n) is 7.39. The summed E-state index contributed by atoms with van der Waals surface area (Å²) in [6.45, 7) is 0. The Morgan fingerprint density at radius 2 is 1.88 bits per heavy atom. The summed E-state index contributed by atoms with van der Waals surface area (Å²) in [7, 11) is 0. The van der Waals surface area contributed by atoms with Crippen LogP contribution in [0.1, 0.15) is 10.4 Å². The van der Waals surface area contributed by atoms with E-state index in [1.165, 1.54) is 0 Å². The number of nitrogens with zero attached hydrogens (tertiary/aromatic N) is 1. The number of nitrogens with one attached hydrogen (secondary N) is 2. The Labute approximate surface area is 164 Å². The molecule has 2 aromatic carbocycles. The molecule has 1 amide bonds. The van der Waals surface area contributed by atoms with Crippen molar-refractivity contribution < 1.29 is 4.79 Å². The molecule has 2 aromatic heterocycles. The zero-order chi connectivity index (χ0) is 17.4. The van der Waals surface area contributed by atoms with Gasteiger partial charge in [0.25, 0.3) is 5.91 Å². The number of fused-ring (bicyclic) bond motifs is 1. The quantitative estimate of drug-likeness (QED) is 0.377. The average Bonchev–Trinajstić information content (AvgIpc) is 3.22. The number of hydrogen-bond acceptors (Lipinski definition) is 3. The van der Waals surface area contributed by atoms with E-state index in [-0.39, 0.29) is 5.91 Å². The third kappa shape index (κ3) is 3.53. The molecule has 25 heavy (non-hydrogen) atoms. The van der Waals surface area contributed by atoms with E-state index in [4.69, 9.17) is 0 Å². The van der Waals surface area contributed by atoms with Gasteiger partial charge in [-0.1, -0.05) is 37.9 Å². The van der Waals surface area contributed by atoms with Crippen LogP contribution in [0.5, 0.6) is 0 Å². The number of carbonyl (C=O) groups excluding carboxylic acids is 1. The summed E-state index contributed by atoms with van der Waals surface area (Å²) in [5, 5.41) is 4.94. The summed E-state index contributed by atoms with van der Waals surface area (Å²) < 4.78 is 1.69. The Kier molecular flexibility index (Phi) is 4.45. The van der Waals surface area contributed by atoms with Crippen molar-refractivity contribution in [2.45, 2.75) is 0 Å². The van der Waals surface area contributed by atoms with Crippen LogP contribution in [-0.4, -0.2) is 15.9 Å². The van der Waals surface area contributed by atoms with E-state index >= 15 is 0 Å². The highest BCUT2D eigenvalue weighted by atomic mass is 79.9. The van der Waals surface area contributed by atoms with Crippen LogP contribution < -0.4 is 5.32 Å². The first-order valence-corrected chi connectivity index (χ1v) is 9.86. The van der Waals surface area contributed by atoms with Crippen molar-refractivity contribution in [3.05, 3.63) is 68.4 Å². The van der Waals surface area contributed by atoms with Crippen LogP contribution in [0.15, 0.2) is 62.9 Å². The molecule has 0 bridgehead atoms. The smallest absolute Gasteiger partial charge is 0.255 e. The van der Waals surface area contributed by atoms with Crippen molar-refractivity contribution in [2.24, 2.45) is 0 Å². The SMILES string of the molecule is O=C(Nc1ccc2nc(-c3cccs3)[nH]c2c1)c1cc(Br)cc(Br)c1. The summed E-state index contributed by atoms with van der Waals surface area (Å²) in [6, 6.07) is 15.1. The van der Waals surface area contributed by atoms with Gasteiger partial charge in [-0.05, 0) is 47.8 Å². The third-order valence-electron chi connectivity index (χ3n) is 3.62. The van der Waals surface area contributed by atoms with Crippen molar-refractivity contribution >= 4 is 65.8 Å². The van der Waals surface area contributed by atoms with Crippen LogP contribution in [0.25, 0.3) is 21.7 Å². The van der Waals surface area contributed by atoms with Gasteiger partial charge in [0.15, 0.2) is 0 Å². The van der Waals surface area contributed by atoms with E-state index in [0.717, 1.165) is 36.4 Å². The van der Waals surface area contributed by atoms with Gasteiger partial charge in [0.05, 0.1) is 15.9 Å². The second kappa shape index (κ2) is 6.74. The van der Waals surface area contributed by atoms with Gasteiger partial charge in [-0.2, -0.15) is 0 Å². The van der Waals surface area contributed by atoms with Crippen LogP contribution in [0.4, 0.5) is 5.69 Å². The van der Waals surface area contributed by atoms with Crippen molar-refractivity contribution in [3.63, 3.8) is 0 Å². The molecule has 7 heteroatoms. The summed E-state index contributed by atoms with van der Waals surface area (Å²) in [5.74, 6) is 0.670. The minimum atomic E-state index is -0.167. The van der Waals surface area contributed by atoms with Gasteiger partial charge in [-0.25, -0.2) is 4.98 Å². The maximum absolute atomic E-state index is 12.5. The summed E-state index contributed by atoms with van der Waals surface area (Å²) in [4.78, 5) is 21.4. The number of benzene rings is 2. The van der Waals surface area contributed by atoms with Gasteiger partial charge in [-0.15, -0.1) is 11.3 Å². The number of anilines is 1. The second-order valence-corrected chi connectivity index (χ2v) is 8.19. The molecule has 0 spiro atoms. The number of rotatable bonds is 3. The Morgan fingerprint density at radius 3 is 2.60 bits per heavy atom. The van der Waals surface area contributed by atoms with Gasteiger partial charge in [0.2, 0.25) is 0 Å². The maximum Gasteiger partial charge on any atom is 0.255 e. The lowest BCUT2D eigenvalue weighted by Gasteiger charge is -2.06. The fraction of sp³-hybridized carbons (Fsp3) is 0. The molecule has 0 atom stereocenters. The lowest BCUT2D eigenvalue weighted by molar-refractivity contribution is 0.102. The van der Waals surface area contributed by atoms with Crippen molar-refractivity contribution in [3.8, 4) is 10.7 Å². The summed E-state index contributed by atoms with van der Waals surface area (Å²) >= 11 is 8.43. The van der Waals surface area contributed by atoms with Crippen molar-refractivity contribution in [1.29, 1.82) is 0 Å². The minimum absolute atomic E-state index is 0.167. The highest BCUT2D eigenvalue weighted by Crippen LogP contribution is 2.26. The van der Waals surface area contributed by atoms with Gasteiger partial charge in [0.1, 0.15) is 5.82 Å². The number of aromatic nitrogens is 2. The van der Waals surface area contributed by atoms with Crippen molar-refractivity contribution in [1.82, 2.24) is 9.97 Å². The average molecular weight is 477 g/mol. The van der Waals surface area contributed by atoms with E-state index in [1.807, 2.05) is 41.8 Å². The normalized spacial score (nSPS) is 11.0. The molecule has 0 saturated heterocycles. The molecule has 0 aliphatic heterocycles. The Balaban J connectivity index is 1.62.